The summed E-state index contributed by atoms with van der Waals surface area (Å²) in [7, 11) is 0. The zero-order valence-electron chi connectivity index (χ0n) is 18.3. The van der Waals surface area contributed by atoms with Crippen molar-refractivity contribution in [3.8, 4) is 11.4 Å². The third kappa shape index (κ3) is 5.17. The molecule has 0 spiro atoms. The lowest BCUT2D eigenvalue weighted by atomic mass is 10.1. The van der Waals surface area contributed by atoms with Gasteiger partial charge in [0.2, 0.25) is 11.7 Å². The summed E-state index contributed by atoms with van der Waals surface area (Å²) in [6, 6.07) is 10.5. The van der Waals surface area contributed by atoms with Crippen molar-refractivity contribution in [2.45, 2.75) is 25.7 Å². The van der Waals surface area contributed by atoms with Crippen LogP contribution in [0.3, 0.4) is 0 Å². The Kier molecular flexibility index (Phi) is 6.31. The van der Waals surface area contributed by atoms with Gasteiger partial charge >= 0.3 is 6.18 Å². The molecule has 0 unspecified atom stereocenters. The maximum absolute atomic E-state index is 13.4. The van der Waals surface area contributed by atoms with Crippen molar-refractivity contribution in [3.05, 3.63) is 71.0 Å². The number of hydrogen-bond acceptors (Lipinski definition) is 6. The lowest BCUT2D eigenvalue weighted by molar-refractivity contribution is -0.141. The number of Topliss-reactive ketones (excluding diaryl/α,β-unsaturated/α-hetero) is 1. The number of nitrogens with zero attached hydrogens (tertiary/aromatic N) is 2. The van der Waals surface area contributed by atoms with Crippen molar-refractivity contribution in [2.75, 3.05) is 11.9 Å². The molecule has 1 aromatic heterocycles. The van der Waals surface area contributed by atoms with E-state index in [0.717, 1.165) is 4.68 Å². The summed E-state index contributed by atoms with van der Waals surface area (Å²) in [5.41, 5.74) is 5.10. The fourth-order valence-corrected chi connectivity index (χ4v) is 3.39. The number of nitrogens with one attached hydrogen (secondary N) is 2. The van der Waals surface area contributed by atoms with Gasteiger partial charge in [-0.05, 0) is 42.8 Å². The predicted octanol–water partition coefficient (Wildman–Crippen LogP) is 2.68. The molecule has 1 aliphatic rings. The molecule has 4 N–H and O–H groups in total. The predicted molar refractivity (Wildman–Crippen MR) is 118 cm³/mol. The van der Waals surface area contributed by atoms with E-state index < -0.39 is 29.7 Å². The van der Waals surface area contributed by atoms with Gasteiger partial charge in [-0.25, -0.2) is 4.68 Å². The fourth-order valence-electron chi connectivity index (χ4n) is 3.39. The topological polar surface area (TPSA) is 128 Å². The van der Waals surface area contributed by atoms with Crippen molar-refractivity contribution in [1.82, 2.24) is 15.1 Å². The van der Waals surface area contributed by atoms with Crippen LogP contribution in [-0.4, -0.2) is 40.0 Å². The Bertz CT molecular complexity index is 1320. The van der Waals surface area contributed by atoms with Gasteiger partial charge in [0.25, 0.3) is 5.91 Å². The Morgan fingerprint density at radius 3 is 2.69 bits per heavy atom. The summed E-state index contributed by atoms with van der Waals surface area (Å²) in [5, 5.41) is 8.71. The monoisotopic (exact) mass is 487 g/mol. The van der Waals surface area contributed by atoms with Gasteiger partial charge in [0.05, 0.1) is 17.3 Å². The van der Waals surface area contributed by atoms with Crippen LogP contribution in [0.5, 0.6) is 5.75 Å². The number of aromatic nitrogens is 2. The minimum absolute atomic E-state index is 0.0777. The molecule has 0 bridgehead atoms. The highest BCUT2D eigenvalue weighted by Crippen LogP contribution is 2.31. The zero-order chi connectivity index (χ0) is 25.3. The number of nitrogens with two attached hydrogens (primary N) is 1. The highest BCUT2D eigenvalue weighted by molar-refractivity contribution is 6.06. The quantitative estimate of drug-likeness (QED) is 0.491. The van der Waals surface area contributed by atoms with E-state index in [9.17, 15) is 27.6 Å². The Balaban J connectivity index is 1.65. The third-order valence-corrected chi connectivity index (χ3v) is 5.16. The van der Waals surface area contributed by atoms with Crippen LogP contribution in [0.25, 0.3) is 5.69 Å². The van der Waals surface area contributed by atoms with Gasteiger partial charge in [-0.1, -0.05) is 12.1 Å². The van der Waals surface area contributed by atoms with Crippen molar-refractivity contribution in [3.63, 3.8) is 0 Å². The molecule has 0 radical (unpaired) electrons. The highest BCUT2D eigenvalue weighted by Gasteiger charge is 2.36. The second kappa shape index (κ2) is 9.22. The number of ketones is 1. The molecule has 35 heavy (non-hydrogen) atoms. The van der Waals surface area contributed by atoms with E-state index in [-0.39, 0.29) is 41.6 Å². The number of hydrogen-bond donors (Lipinski definition) is 3. The number of amides is 2. The van der Waals surface area contributed by atoms with Gasteiger partial charge in [-0.3, -0.25) is 14.4 Å². The normalized spacial score (nSPS) is 13.7. The Labute approximate surface area is 197 Å². The van der Waals surface area contributed by atoms with Crippen molar-refractivity contribution >= 4 is 23.3 Å². The number of ether oxygens (including phenoxy) is 1. The molecule has 1 atom stereocenters. The molecule has 0 fully saturated rings. The Hall–Kier alpha value is -4.19. The van der Waals surface area contributed by atoms with Crippen molar-refractivity contribution < 1.29 is 32.3 Å². The van der Waals surface area contributed by atoms with Gasteiger partial charge in [0.1, 0.15) is 11.4 Å². The van der Waals surface area contributed by atoms with Crippen LogP contribution in [0.1, 0.15) is 39.0 Å². The van der Waals surface area contributed by atoms with Gasteiger partial charge in [0, 0.05) is 18.3 Å². The Morgan fingerprint density at radius 2 is 1.97 bits per heavy atom. The Morgan fingerprint density at radius 1 is 1.20 bits per heavy atom. The van der Waals surface area contributed by atoms with E-state index in [0.29, 0.717) is 17.4 Å². The summed E-state index contributed by atoms with van der Waals surface area (Å²) in [4.78, 5) is 36.6. The minimum Gasteiger partial charge on any atom is -0.485 e. The van der Waals surface area contributed by atoms with Gasteiger partial charge in [0.15, 0.2) is 12.3 Å². The first kappa shape index (κ1) is 24.0. The van der Waals surface area contributed by atoms with Crippen LogP contribution >= 0.6 is 0 Å². The van der Waals surface area contributed by atoms with Crippen LogP contribution in [0, 0.1) is 0 Å². The average molecular weight is 487 g/mol. The maximum atomic E-state index is 13.4. The molecule has 12 heteroatoms. The second-order valence-electron chi connectivity index (χ2n) is 7.88. The van der Waals surface area contributed by atoms with Gasteiger partial charge in [-0.15, -0.1) is 0 Å². The van der Waals surface area contributed by atoms with Crippen LogP contribution in [-0.2, 0) is 17.5 Å². The summed E-state index contributed by atoms with van der Waals surface area (Å²) in [5.74, 6) is -1.17. The minimum atomic E-state index is -4.79. The maximum Gasteiger partial charge on any atom is 0.435 e. The SMILES string of the molecule is C[C@H](N)C(=O)NCc1cccc(-n2nc(C(F)(F)F)cc2C(=O)Nc2ccc3c(c2)C(=O)CO3)c1. The zero-order valence-corrected chi connectivity index (χ0v) is 18.3. The van der Waals surface area contributed by atoms with Crippen molar-refractivity contribution in [2.24, 2.45) is 5.73 Å². The van der Waals surface area contributed by atoms with Crippen LogP contribution in [0.2, 0.25) is 0 Å². The lowest BCUT2D eigenvalue weighted by Gasteiger charge is -2.11. The molecule has 0 saturated carbocycles. The summed E-state index contributed by atoms with van der Waals surface area (Å²) in [6.07, 6.45) is -4.79. The first-order valence-electron chi connectivity index (χ1n) is 10.4. The lowest BCUT2D eigenvalue weighted by Crippen LogP contribution is -2.37. The third-order valence-electron chi connectivity index (χ3n) is 5.16. The van der Waals surface area contributed by atoms with Crippen LogP contribution < -0.4 is 21.1 Å². The molecule has 1 aliphatic heterocycles. The van der Waals surface area contributed by atoms with E-state index >= 15 is 0 Å². The first-order chi connectivity index (χ1) is 16.5. The van der Waals surface area contributed by atoms with Crippen LogP contribution in [0.15, 0.2) is 48.5 Å². The molecule has 2 heterocycles. The van der Waals surface area contributed by atoms with E-state index in [1.807, 2.05) is 0 Å². The van der Waals surface area contributed by atoms with Gasteiger partial charge < -0.3 is 21.1 Å². The molecule has 4 rings (SSSR count). The molecule has 9 nitrogen and oxygen atoms in total. The number of fused-ring (bicyclic) bond motifs is 1. The molecular formula is C23H20F3N5O4. The first-order valence-corrected chi connectivity index (χ1v) is 10.4. The average Bonchev–Trinajstić information content (AvgIpc) is 3.42. The molecule has 2 aromatic carbocycles. The van der Waals surface area contributed by atoms with E-state index in [4.69, 9.17) is 10.5 Å². The van der Waals surface area contributed by atoms with E-state index in [1.54, 1.807) is 12.1 Å². The molecule has 182 valence electrons. The standard InChI is InChI=1S/C23H20F3N5O4/c1-12(27)21(33)28-10-13-3-2-4-15(7-13)31-17(9-20(30-31)23(24,25)26)22(34)29-14-5-6-19-16(8-14)18(32)11-35-19/h2-9,12H,10-11,27H2,1H3,(H,28,33)(H,29,34)/t12-/m0/s1. The van der Waals surface area contributed by atoms with Crippen molar-refractivity contribution in [1.29, 1.82) is 0 Å². The smallest absolute Gasteiger partial charge is 0.435 e. The number of carbonyl (C=O) groups excluding carboxylic acids is 3. The number of alkyl halides is 3. The molecule has 0 saturated heterocycles. The molecule has 3 aromatic rings. The number of carbonyl (C=O) groups is 3. The summed E-state index contributed by atoms with van der Waals surface area (Å²) < 4.78 is 46.3. The summed E-state index contributed by atoms with van der Waals surface area (Å²) in [6.45, 7) is 1.48. The second-order valence-corrected chi connectivity index (χ2v) is 7.88. The fraction of sp³-hybridized carbons (Fsp3) is 0.217. The summed E-state index contributed by atoms with van der Waals surface area (Å²) >= 11 is 0. The molecule has 0 aliphatic carbocycles. The van der Waals surface area contributed by atoms with Gasteiger partial charge in [-0.2, -0.15) is 18.3 Å². The number of rotatable bonds is 6. The largest absolute Gasteiger partial charge is 0.485 e. The van der Waals surface area contributed by atoms with E-state index in [2.05, 4.69) is 15.7 Å². The number of anilines is 1. The number of benzene rings is 2. The molecular weight excluding hydrogens is 467 g/mol. The van der Waals surface area contributed by atoms with Crippen LogP contribution in [0.4, 0.5) is 18.9 Å². The molecule has 2 amide bonds. The highest BCUT2D eigenvalue weighted by atomic mass is 19.4. The van der Waals surface area contributed by atoms with E-state index in [1.165, 1.54) is 37.3 Å². The number of halogens is 3.